The molecule has 0 aliphatic heterocycles. The van der Waals surface area contributed by atoms with E-state index in [1.54, 1.807) is 0 Å². The van der Waals surface area contributed by atoms with Crippen molar-refractivity contribution in [3.63, 3.8) is 0 Å². The molecule has 1 aliphatic rings. The summed E-state index contributed by atoms with van der Waals surface area (Å²) in [6, 6.07) is 50.3. The minimum absolute atomic E-state index is 0.600. The fraction of sp³-hybridized carbons (Fsp3) is 0.0426. The van der Waals surface area contributed by atoms with Gasteiger partial charge in [0.05, 0.1) is 0 Å². The van der Waals surface area contributed by atoms with Gasteiger partial charge in [-0.2, -0.15) is 0 Å². The van der Waals surface area contributed by atoms with Crippen LogP contribution in [0.15, 0.2) is 154 Å². The third kappa shape index (κ3) is 4.53. The molecule has 0 bridgehead atoms. The molecule has 11 rings (SSSR count). The van der Waals surface area contributed by atoms with E-state index in [9.17, 15) is 0 Å². The van der Waals surface area contributed by atoms with Crippen molar-refractivity contribution in [3.05, 3.63) is 162 Å². The number of fused-ring (bicyclic) bond motifs is 9. The van der Waals surface area contributed by atoms with Crippen LogP contribution < -0.4 is 0 Å². The second-order valence-corrected chi connectivity index (χ2v) is 13.5. The quantitative estimate of drug-likeness (QED) is 0.175. The lowest BCUT2D eigenvalue weighted by molar-refractivity contribution is 0.596. The SMILES string of the molecule is C1=C(c2ccc(-c3nc(-c4ccccc4)nc(-c4ccc5c(ccc6ccccc65)c4)n3)c3c2oc2ccccc23)CCc2c1oc1ccccc21. The minimum atomic E-state index is 0.600. The van der Waals surface area contributed by atoms with Gasteiger partial charge < -0.3 is 8.83 Å². The Morgan fingerprint density at radius 3 is 1.96 bits per heavy atom. The number of aryl methyl sites for hydroxylation is 1. The zero-order valence-corrected chi connectivity index (χ0v) is 28.0. The highest BCUT2D eigenvalue weighted by molar-refractivity contribution is 6.15. The first-order valence-electron chi connectivity index (χ1n) is 17.6. The van der Waals surface area contributed by atoms with Crippen LogP contribution in [0, 0.1) is 0 Å². The fourth-order valence-electron chi connectivity index (χ4n) is 7.96. The molecular formula is C47H29N3O2. The third-order valence-electron chi connectivity index (χ3n) is 10.5. The number of furan rings is 2. The number of rotatable bonds is 4. The Hall–Kier alpha value is -6.85. The number of para-hydroxylation sites is 2. The maximum absolute atomic E-state index is 6.72. The van der Waals surface area contributed by atoms with Crippen LogP contribution in [0.1, 0.15) is 23.3 Å². The molecule has 0 unspecified atom stereocenters. The van der Waals surface area contributed by atoms with Gasteiger partial charge >= 0.3 is 0 Å². The maximum Gasteiger partial charge on any atom is 0.164 e. The van der Waals surface area contributed by atoms with Crippen LogP contribution in [0.2, 0.25) is 0 Å². The van der Waals surface area contributed by atoms with Crippen molar-refractivity contribution in [2.45, 2.75) is 12.8 Å². The summed E-state index contributed by atoms with van der Waals surface area (Å²) in [6.45, 7) is 0. The van der Waals surface area contributed by atoms with Gasteiger partial charge in [0, 0.05) is 44.0 Å². The Kier molecular flexibility index (Phi) is 6.31. The predicted octanol–water partition coefficient (Wildman–Crippen LogP) is 12.3. The summed E-state index contributed by atoms with van der Waals surface area (Å²) < 4.78 is 13.0. The van der Waals surface area contributed by atoms with Crippen molar-refractivity contribution in [1.29, 1.82) is 0 Å². The largest absolute Gasteiger partial charge is 0.456 e. The Morgan fingerprint density at radius 1 is 0.442 bits per heavy atom. The molecule has 0 radical (unpaired) electrons. The smallest absolute Gasteiger partial charge is 0.164 e. The maximum atomic E-state index is 6.72. The number of hydrogen-bond acceptors (Lipinski definition) is 5. The molecule has 1 aliphatic carbocycles. The molecule has 0 amide bonds. The van der Waals surface area contributed by atoms with E-state index in [0.29, 0.717) is 17.5 Å². The van der Waals surface area contributed by atoms with Crippen LogP contribution in [-0.4, -0.2) is 15.0 Å². The molecular weight excluding hydrogens is 639 g/mol. The van der Waals surface area contributed by atoms with Gasteiger partial charge in [-0.05, 0) is 70.3 Å². The van der Waals surface area contributed by atoms with E-state index < -0.39 is 0 Å². The Balaban J connectivity index is 1.12. The molecule has 3 heterocycles. The minimum Gasteiger partial charge on any atom is -0.456 e. The molecule has 7 aromatic carbocycles. The molecule has 0 spiro atoms. The molecule has 0 fully saturated rings. The zero-order chi connectivity index (χ0) is 34.2. The molecule has 0 N–H and O–H groups in total. The van der Waals surface area contributed by atoms with Gasteiger partial charge in [0.25, 0.3) is 0 Å². The van der Waals surface area contributed by atoms with E-state index in [2.05, 4.69) is 97.1 Å². The Morgan fingerprint density at radius 2 is 1.10 bits per heavy atom. The number of benzene rings is 7. The first-order valence-corrected chi connectivity index (χ1v) is 17.6. The Bertz CT molecular complexity index is 3080. The second kappa shape index (κ2) is 11.3. The van der Waals surface area contributed by atoms with Crippen molar-refractivity contribution in [2.75, 3.05) is 0 Å². The van der Waals surface area contributed by atoms with Crippen LogP contribution in [0.25, 0.3) is 100 Å². The van der Waals surface area contributed by atoms with Gasteiger partial charge in [-0.15, -0.1) is 0 Å². The standard InChI is InChI=1S/C47H29N3O2/c1-2-11-29(12-3-1)45-48-46(32-21-22-34-30(26-32)19-18-28-10-4-5-13-33(28)34)50-47(49-45)39-25-24-35(44-43(39)38-15-7-9-17-41(38)52-44)31-20-23-37-36-14-6-8-16-40(36)51-42(37)27-31/h1-19,21-22,24-27H,20,23H2. The average Bonchev–Trinajstić information content (AvgIpc) is 3.79. The van der Waals surface area contributed by atoms with Gasteiger partial charge in [-0.1, -0.05) is 121 Å². The number of nitrogens with zero attached hydrogens (tertiary/aromatic N) is 3. The second-order valence-electron chi connectivity index (χ2n) is 13.5. The molecule has 0 atom stereocenters. The lowest BCUT2D eigenvalue weighted by Crippen LogP contribution is -2.01. The molecule has 0 saturated heterocycles. The van der Waals surface area contributed by atoms with E-state index in [1.165, 1.54) is 32.7 Å². The van der Waals surface area contributed by atoms with Crippen molar-refractivity contribution < 1.29 is 8.83 Å². The number of hydrogen-bond donors (Lipinski definition) is 0. The van der Waals surface area contributed by atoms with Crippen molar-refractivity contribution >= 4 is 66.1 Å². The predicted molar refractivity (Wildman–Crippen MR) is 211 cm³/mol. The van der Waals surface area contributed by atoms with E-state index in [1.807, 2.05) is 54.6 Å². The van der Waals surface area contributed by atoms with Crippen LogP contribution in [0.3, 0.4) is 0 Å². The van der Waals surface area contributed by atoms with Gasteiger partial charge in [-0.25, -0.2) is 15.0 Å². The average molecular weight is 668 g/mol. The van der Waals surface area contributed by atoms with E-state index >= 15 is 0 Å². The first kappa shape index (κ1) is 28.9. The first-order chi connectivity index (χ1) is 25.7. The molecule has 0 saturated carbocycles. The highest BCUT2D eigenvalue weighted by atomic mass is 16.3. The summed E-state index contributed by atoms with van der Waals surface area (Å²) >= 11 is 0. The summed E-state index contributed by atoms with van der Waals surface area (Å²) in [6.07, 6.45) is 3.98. The molecule has 244 valence electrons. The molecule has 3 aromatic heterocycles. The highest BCUT2D eigenvalue weighted by Gasteiger charge is 2.24. The summed E-state index contributed by atoms with van der Waals surface area (Å²) in [7, 11) is 0. The van der Waals surface area contributed by atoms with Gasteiger partial charge in [0.15, 0.2) is 17.5 Å². The van der Waals surface area contributed by atoms with Crippen LogP contribution in [0.4, 0.5) is 0 Å². The van der Waals surface area contributed by atoms with Gasteiger partial charge in [-0.3, -0.25) is 0 Å². The van der Waals surface area contributed by atoms with Crippen molar-refractivity contribution in [3.8, 4) is 34.2 Å². The number of aromatic nitrogens is 3. The lowest BCUT2D eigenvalue weighted by atomic mass is 9.89. The third-order valence-corrected chi connectivity index (χ3v) is 10.5. The topological polar surface area (TPSA) is 65.0 Å². The molecule has 5 nitrogen and oxygen atoms in total. The monoisotopic (exact) mass is 667 g/mol. The van der Waals surface area contributed by atoms with Crippen molar-refractivity contribution in [1.82, 2.24) is 15.0 Å². The number of allylic oxidation sites excluding steroid dienone is 1. The van der Waals surface area contributed by atoms with E-state index in [4.69, 9.17) is 23.8 Å². The van der Waals surface area contributed by atoms with Crippen LogP contribution in [0.5, 0.6) is 0 Å². The molecule has 10 aromatic rings. The van der Waals surface area contributed by atoms with Crippen LogP contribution >= 0.6 is 0 Å². The van der Waals surface area contributed by atoms with E-state index in [0.717, 1.165) is 73.8 Å². The normalized spacial score (nSPS) is 13.0. The summed E-state index contributed by atoms with van der Waals surface area (Å²) in [5, 5.41) is 8.00. The Labute approximate surface area is 298 Å². The molecule has 52 heavy (non-hydrogen) atoms. The van der Waals surface area contributed by atoms with Crippen molar-refractivity contribution in [2.24, 2.45) is 0 Å². The molecule has 5 heteroatoms. The zero-order valence-electron chi connectivity index (χ0n) is 28.0. The summed E-state index contributed by atoms with van der Waals surface area (Å²) in [5.41, 5.74) is 8.85. The van der Waals surface area contributed by atoms with Gasteiger partial charge in [0.2, 0.25) is 0 Å². The summed E-state index contributed by atoms with van der Waals surface area (Å²) in [5.74, 6) is 2.77. The fourth-order valence-corrected chi connectivity index (χ4v) is 7.96. The van der Waals surface area contributed by atoms with E-state index in [-0.39, 0.29) is 0 Å². The van der Waals surface area contributed by atoms with Crippen LogP contribution in [-0.2, 0) is 6.42 Å². The lowest BCUT2D eigenvalue weighted by Gasteiger charge is -2.15. The summed E-state index contributed by atoms with van der Waals surface area (Å²) in [4.78, 5) is 15.4. The van der Waals surface area contributed by atoms with Gasteiger partial charge in [0.1, 0.15) is 22.5 Å². The highest BCUT2D eigenvalue weighted by Crippen LogP contribution is 2.44.